The number of urea groups is 1. The zero-order valence-electron chi connectivity index (χ0n) is 14.8. The molecule has 7 heteroatoms. The van der Waals surface area contributed by atoms with Crippen LogP contribution in [0.25, 0.3) is 0 Å². The standard InChI is InChI=1S/C18H25N5O2/c1-14(2)12-22-10-8-20-17(22)11-21-18(24)23-9-5-16(13-23)25-15-3-6-19-7-4-15/h3-4,6-8,10,14,16H,5,9,11-13H2,1-2H3,(H,21,24). The van der Waals surface area contributed by atoms with Crippen molar-refractivity contribution in [3.05, 3.63) is 42.7 Å². The summed E-state index contributed by atoms with van der Waals surface area (Å²) in [5.74, 6) is 2.21. The number of carbonyl (C=O) groups excluding carboxylic acids is 1. The summed E-state index contributed by atoms with van der Waals surface area (Å²) in [6.45, 7) is 6.95. The average molecular weight is 343 g/mol. The fourth-order valence-electron chi connectivity index (χ4n) is 2.95. The molecule has 0 radical (unpaired) electrons. The fraction of sp³-hybridized carbons (Fsp3) is 0.500. The van der Waals surface area contributed by atoms with Crippen LogP contribution in [0.5, 0.6) is 5.75 Å². The molecule has 1 aliphatic heterocycles. The van der Waals surface area contributed by atoms with Crippen LogP contribution in [-0.2, 0) is 13.1 Å². The molecular formula is C18H25N5O2. The number of pyridine rings is 1. The molecule has 2 aromatic rings. The van der Waals surface area contributed by atoms with Crippen molar-refractivity contribution in [3.63, 3.8) is 0 Å². The van der Waals surface area contributed by atoms with Gasteiger partial charge in [0, 0.05) is 44.3 Å². The van der Waals surface area contributed by atoms with Crippen LogP contribution < -0.4 is 10.1 Å². The van der Waals surface area contributed by atoms with E-state index in [-0.39, 0.29) is 12.1 Å². The van der Waals surface area contributed by atoms with Crippen molar-refractivity contribution < 1.29 is 9.53 Å². The first-order chi connectivity index (χ1) is 12.1. The second kappa shape index (κ2) is 8.00. The maximum absolute atomic E-state index is 12.4. The van der Waals surface area contributed by atoms with Crippen molar-refractivity contribution in [2.75, 3.05) is 13.1 Å². The molecule has 1 saturated heterocycles. The lowest BCUT2D eigenvalue weighted by Gasteiger charge is -2.18. The maximum Gasteiger partial charge on any atom is 0.317 e. The average Bonchev–Trinajstić information content (AvgIpc) is 3.23. The van der Waals surface area contributed by atoms with E-state index >= 15 is 0 Å². The van der Waals surface area contributed by atoms with E-state index in [4.69, 9.17) is 4.74 Å². The summed E-state index contributed by atoms with van der Waals surface area (Å²) in [5, 5.41) is 2.96. The number of rotatable bonds is 6. The molecule has 1 fully saturated rings. The van der Waals surface area contributed by atoms with Crippen LogP contribution in [0.3, 0.4) is 0 Å². The third-order valence-electron chi connectivity index (χ3n) is 4.15. The highest BCUT2D eigenvalue weighted by atomic mass is 16.5. The Kier molecular flexibility index (Phi) is 5.53. The van der Waals surface area contributed by atoms with Crippen molar-refractivity contribution in [1.82, 2.24) is 24.8 Å². The second-order valence-electron chi connectivity index (χ2n) is 6.71. The highest BCUT2D eigenvalue weighted by Gasteiger charge is 2.27. The Balaban J connectivity index is 1.47. The molecule has 0 bridgehead atoms. The summed E-state index contributed by atoms with van der Waals surface area (Å²) in [7, 11) is 0. The van der Waals surface area contributed by atoms with Gasteiger partial charge in [-0.3, -0.25) is 4.98 Å². The monoisotopic (exact) mass is 343 g/mol. The summed E-state index contributed by atoms with van der Waals surface area (Å²) in [5.41, 5.74) is 0. The van der Waals surface area contributed by atoms with E-state index in [9.17, 15) is 4.79 Å². The molecule has 1 atom stereocenters. The topological polar surface area (TPSA) is 72.3 Å². The quantitative estimate of drug-likeness (QED) is 0.873. The van der Waals surface area contributed by atoms with Crippen molar-refractivity contribution in [1.29, 1.82) is 0 Å². The minimum absolute atomic E-state index is 0.0241. The van der Waals surface area contributed by atoms with Gasteiger partial charge in [0.15, 0.2) is 0 Å². The molecule has 1 unspecified atom stereocenters. The van der Waals surface area contributed by atoms with Crippen LogP contribution in [0.15, 0.2) is 36.9 Å². The number of aromatic nitrogens is 3. The normalized spacial score (nSPS) is 17.1. The number of hydrogen-bond acceptors (Lipinski definition) is 4. The third-order valence-corrected chi connectivity index (χ3v) is 4.15. The van der Waals surface area contributed by atoms with Crippen LogP contribution in [0.4, 0.5) is 4.79 Å². The Morgan fingerprint density at radius 3 is 2.92 bits per heavy atom. The van der Waals surface area contributed by atoms with Crippen LogP contribution in [0, 0.1) is 5.92 Å². The van der Waals surface area contributed by atoms with Crippen LogP contribution >= 0.6 is 0 Å². The summed E-state index contributed by atoms with van der Waals surface area (Å²) in [4.78, 5) is 22.5. The number of carbonyl (C=O) groups is 1. The first-order valence-electron chi connectivity index (χ1n) is 8.71. The zero-order valence-corrected chi connectivity index (χ0v) is 14.8. The molecule has 134 valence electrons. The molecule has 0 spiro atoms. The SMILES string of the molecule is CC(C)Cn1ccnc1CNC(=O)N1CCC(Oc2ccncc2)C1. The van der Waals surface area contributed by atoms with E-state index in [0.29, 0.717) is 25.6 Å². The summed E-state index contributed by atoms with van der Waals surface area (Å²) in [6.07, 6.45) is 7.99. The van der Waals surface area contributed by atoms with Crippen molar-refractivity contribution >= 4 is 6.03 Å². The highest BCUT2D eigenvalue weighted by molar-refractivity contribution is 5.74. The number of imidazole rings is 1. The third kappa shape index (κ3) is 4.71. The smallest absolute Gasteiger partial charge is 0.317 e. The van der Waals surface area contributed by atoms with E-state index < -0.39 is 0 Å². The van der Waals surface area contributed by atoms with Crippen molar-refractivity contribution in [2.24, 2.45) is 5.92 Å². The van der Waals surface area contributed by atoms with Crippen LogP contribution in [0.1, 0.15) is 26.1 Å². The largest absolute Gasteiger partial charge is 0.488 e. The number of amides is 2. The van der Waals surface area contributed by atoms with Gasteiger partial charge in [-0.15, -0.1) is 0 Å². The molecule has 1 aliphatic rings. The number of likely N-dealkylation sites (tertiary alicyclic amines) is 1. The van der Waals surface area contributed by atoms with Gasteiger partial charge in [-0.05, 0) is 18.1 Å². The molecule has 2 amide bonds. The molecule has 25 heavy (non-hydrogen) atoms. The molecule has 0 saturated carbocycles. The molecule has 0 aromatic carbocycles. The maximum atomic E-state index is 12.4. The van der Waals surface area contributed by atoms with E-state index in [2.05, 4.69) is 33.7 Å². The molecule has 3 rings (SSSR count). The Morgan fingerprint density at radius 2 is 2.16 bits per heavy atom. The van der Waals surface area contributed by atoms with Gasteiger partial charge in [0.25, 0.3) is 0 Å². The lowest BCUT2D eigenvalue weighted by molar-refractivity contribution is 0.186. The van der Waals surface area contributed by atoms with Crippen LogP contribution in [0.2, 0.25) is 0 Å². The van der Waals surface area contributed by atoms with Gasteiger partial charge in [-0.1, -0.05) is 13.8 Å². The van der Waals surface area contributed by atoms with Crippen LogP contribution in [-0.4, -0.2) is 44.7 Å². The number of ether oxygens (including phenoxy) is 1. The van der Waals surface area contributed by atoms with Crippen molar-refractivity contribution in [2.45, 2.75) is 39.5 Å². The first-order valence-corrected chi connectivity index (χ1v) is 8.71. The van der Waals surface area contributed by atoms with Gasteiger partial charge in [0.1, 0.15) is 17.7 Å². The summed E-state index contributed by atoms with van der Waals surface area (Å²) in [6, 6.07) is 3.59. The highest BCUT2D eigenvalue weighted by Crippen LogP contribution is 2.17. The summed E-state index contributed by atoms with van der Waals surface area (Å²) < 4.78 is 7.98. The molecule has 7 nitrogen and oxygen atoms in total. The lowest BCUT2D eigenvalue weighted by Crippen LogP contribution is -2.39. The first kappa shape index (κ1) is 17.3. The van der Waals surface area contributed by atoms with Gasteiger partial charge >= 0.3 is 6.03 Å². The van der Waals surface area contributed by atoms with E-state index in [0.717, 1.165) is 24.5 Å². The van der Waals surface area contributed by atoms with Crippen molar-refractivity contribution in [3.8, 4) is 5.75 Å². The van der Waals surface area contributed by atoms with Gasteiger partial charge in [0.05, 0.1) is 13.1 Å². The second-order valence-corrected chi connectivity index (χ2v) is 6.71. The zero-order chi connectivity index (χ0) is 17.6. The minimum Gasteiger partial charge on any atom is -0.488 e. The van der Waals surface area contributed by atoms with Gasteiger partial charge in [0.2, 0.25) is 0 Å². The molecular weight excluding hydrogens is 318 g/mol. The van der Waals surface area contributed by atoms with Gasteiger partial charge in [-0.25, -0.2) is 9.78 Å². The van der Waals surface area contributed by atoms with Gasteiger partial charge in [-0.2, -0.15) is 0 Å². The Bertz CT molecular complexity index is 686. The number of nitrogens with zero attached hydrogens (tertiary/aromatic N) is 4. The Morgan fingerprint density at radius 1 is 1.36 bits per heavy atom. The fourth-order valence-corrected chi connectivity index (χ4v) is 2.95. The number of hydrogen-bond donors (Lipinski definition) is 1. The number of nitrogens with one attached hydrogen (secondary N) is 1. The van der Waals surface area contributed by atoms with E-state index in [1.165, 1.54) is 0 Å². The molecule has 1 N–H and O–H groups in total. The Labute approximate surface area is 148 Å². The predicted octanol–water partition coefficient (Wildman–Crippen LogP) is 2.30. The van der Waals surface area contributed by atoms with E-state index in [1.807, 2.05) is 18.3 Å². The lowest BCUT2D eigenvalue weighted by atomic mass is 10.2. The summed E-state index contributed by atoms with van der Waals surface area (Å²) >= 11 is 0. The molecule has 3 heterocycles. The molecule has 2 aromatic heterocycles. The van der Waals surface area contributed by atoms with E-state index in [1.54, 1.807) is 23.5 Å². The minimum atomic E-state index is -0.0695. The van der Waals surface area contributed by atoms with Gasteiger partial charge < -0.3 is 19.5 Å². The predicted molar refractivity (Wildman–Crippen MR) is 94.1 cm³/mol. The molecule has 0 aliphatic carbocycles. The Hall–Kier alpha value is -2.57.